The average molecular weight is 542 g/mol. The summed E-state index contributed by atoms with van der Waals surface area (Å²) < 4.78 is 28.3. The number of carboxylic acids is 1. The summed E-state index contributed by atoms with van der Waals surface area (Å²) >= 11 is 4.46. The molecule has 0 bridgehead atoms. The topological polar surface area (TPSA) is 115 Å². The first-order chi connectivity index (χ1) is 17.5. The number of nitrogens with zero attached hydrogens (tertiary/aromatic N) is 3. The number of carbonyl (C=O) groups excluding carboxylic acids is 2. The van der Waals surface area contributed by atoms with Gasteiger partial charge in [-0.2, -0.15) is 16.9 Å². The number of anilines is 1. The number of fused-ring (bicyclic) bond motifs is 1. The third kappa shape index (κ3) is 5.48. The molecule has 2 amide bonds. The number of hydrogen-bond donors (Lipinski definition) is 2. The van der Waals surface area contributed by atoms with E-state index in [0.717, 1.165) is 10.8 Å². The highest BCUT2D eigenvalue weighted by atomic mass is 32.2. The van der Waals surface area contributed by atoms with Gasteiger partial charge in [-0.3, -0.25) is 9.59 Å². The molecule has 3 aromatic carbocycles. The third-order valence-electron chi connectivity index (χ3n) is 6.47. The Morgan fingerprint density at radius 1 is 1.00 bits per heavy atom. The summed E-state index contributed by atoms with van der Waals surface area (Å²) in [6.07, 6.45) is 0.222. The fourth-order valence-corrected chi connectivity index (χ4v) is 6.51. The normalized spacial score (nSPS) is 18.0. The van der Waals surface area contributed by atoms with Crippen LogP contribution < -0.4 is 4.90 Å². The number of benzene rings is 3. The minimum absolute atomic E-state index is 0.0757. The van der Waals surface area contributed by atoms with Crippen molar-refractivity contribution in [1.82, 2.24) is 9.21 Å². The van der Waals surface area contributed by atoms with Crippen molar-refractivity contribution >= 4 is 56.9 Å². The molecule has 11 heteroatoms. The minimum atomic E-state index is -4.00. The van der Waals surface area contributed by atoms with Crippen LogP contribution in [0, 0.1) is 0 Å². The fraction of sp³-hybridized carbons (Fsp3) is 0.269. The lowest BCUT2D eigenvalue weighted by molar-refractivity contribution is -0.136. The monoisotopic (exact) mass is 541 g/mol. The molecule has 0 unspecified atom stereocenters. The molecule has 0 aromatic heterocycles. The molecule has 2 atom stereocenters. The van der Waals surface area contributed by atoms with Crippen molar-refractivity contribution in [2.24, 2.45) is 0 Å². The largest absolute Gasteiger partial charge is 0.478 e. The summed E-state index contributed by atoms with van der Waals surface area (Å²) in [5.41, 5.74) is 0.555. The maximum atomic E-state index is 13.6. The second-order valence-corrected chi connectivity index (χ2v) is 11.6. The summed E-state index contributed by atoms with van der Waals surface area (Å²) in [6, 6.07) is 17.1. The molecule has 1 saturated heterocycles. The summed E-state index contributed by atoms with van der Waals surface area (Å²) in [5.74, 6) is -1.99. The van der Waals surface area contributed by atoms with Crippen LogP contribution in [0.3, 0.4) is 0 Å². The molecular formula is C26H27N3O6S2. The second-order valence-electron chi connectivity index (χ2n) is 8.99. The number of thiol groups is 1. The molecule has 4 rings (SSSR count). The molecule has 0 radical (unpaired) electrons. The van der Waals surface area contributed by atoms with Crippen LogP contribution >= 0.6 is 12.6 Å². The molecule has 1 fully saturated rings. The van der Waals surface area contributed by atoms with Crippen molar-refractivity contribution in [2.75, 3.05) is 32.1 Å². The predicted molar refractivity (Wildman–Crippen MR) is 143 cm³/mol. The SMILES string of the molecule is CN(CC(=O)N(C)c1ccc(C(=O)O)cc1)C(=O)[C@@H]1C[C@@H](S)CN1S(=O)(=O)c1ccc2ccccc2c1. The second kappa shape index (κ2) is 10.5. The van der Waals surface area contributed by atoms with Crippen molar-refractivity contribution in [1.29, 1.82) is 0 Å². The van der Waals surface area contributed by atoms with Gasteiger partial charge in [0.05, 0.1) is 17.0 Å². The molecule has 1 heterocycles. The zero-order valence-electron chi connectivity index (χ0n) is 20.3. The first-order valence-corrected chi connectivity index (χ1v) is 13.5. The van der Waals surface area contributed by atoms with Gasteiger partial charge in [0, 0.05) is 31.6 Å². The molecule has 1 aliphatic rings. The van der Waals surface area contributed by atoms with Crippen molar-refractivity contribution in [3.63, 3.8) is 0 Å². The van der Waals surface area contributed by atoms with E-state index in [1.165, 1.54) is 58.5 Å². The van der Waals surface area contributed by atoms with Crippen LogP contribution in [-0.4, -0.2) is 79.0 Å². The van der Waals surface area contributed by atoms with E-state index in [2.05, 4.69) is 12.6 Å². The molecule has 1 N–H and O–H groups in total. The van der Waals surface area contributed by atoms with Crippen LogP contribution in [0.25, 0.3) is 10.8 Å². The number of hydrogen-bond acceptors (Lipinski definition) is 6. The van der Waals surface area contributed by atoms with Gasteiger partial charge < -0.3 is 14.9 Å². The van der Waals surface area contributed by atoms with Crippen LogP contribution in [-0.2, 0) is 19.6 Å². The Hall–Kier alpha value is -3.41. The predicted octanol–water partition coefficient (Wildman–Crippen LogP) is 2.72. The van der Waals surface area contributed by atoms with Crippen molar-refractivity contribution in [2.45, 2.75) is 22.6 Å². The van der Waals surface area contributed by atoms with Crippen LogP contribution in [0.2, 0.25) is 0 Å². The minimum Gasteiger partial charge on any atom is -0.478 e. The van der Waals surface area contributed by atoms with Gasteiger partial charge in [0.1, 0.15) is 6.04 Å². The number of carbonyl (C=O) groups is 3. The summed E-state index contributed by atoms with van der Waals surface area (Å²) in [7, 11) is -1.02. The van der Waals surface area contributed by atoms with Crippen molar-refractivity contribution in [3.05, 3.63) is 72.3 Å². The maximum Gasteiger partial charge on any atom is 0.335 e. The van der Waals surface area contributed by atoms with E-state index in [9.17, 15) is 22.8 Å². The zero-order chi connectivity index (χ0) is 26.9. The Kier molecular flexibility index (Phi) is 7.58. The smallest absolute Gasteiger partial charge is 0.335 e. The lowest BCUT2D eigenvalue weighted by Crippen LogP contribution is -2.49. The number of aromatic carboxylic acids is 1. The number of sulfonamides is 1. The van der Waals surface area contributed by atoms with Gasteiger partial charge >= 0.3 is 5.97 Å². The van der Waals surface area contributed by atoms with Crippen molar-refractivity contribution in [3.8, 4) is 0 Å². The molecule has 0 saturated carbocycles. The molecule has 3 aromatic rings. The Labute approximate surface area is 220 Å². The molecular weight excluding hydrogens is 514 g/mol. The number of rotatable bonds is 7. The van der Waals surface area contributed by atoms with Crippen LogP contribution in [0.1, 0.15) is 16.8 Å². The Bertz CT molecular complexity index is 1460. The van der Waals surface area contributed by atoms with Crippen molar-refractivity contribution < 1.29 is 27.9 Å². The number of amides is 2. The van der Waals surface area contributed by atoms with Gasteiger partial charge in [-0.1, -0.05) is 30.3 Å². The summed E-state index contributed by atoms with van der Waals surface area (Å²) in [5, 5.41) is 10.4. The van der Waals surface area contributed by atoms with Gasteiger partial charge in [-0.15, -0.1) is 0 Å². The quantitative estimate of drug-likeness (QED) is 0.445. The van der Waals surface area contributed by atoms with Crippen LogP contribution in [0.15, 0.2) is 71.6 Å². The van der Waals surface area contributed by atoms with E-state index in [1.807, 2.05) is 24.3 Å². The standard InChI is InChI=1S/C26H27N3O6S2/c1-27(16-24(30)28(2)20-10-7-18(8-11-20)26(32)33)25(31)23-14-21(36)15-29(23)37(34,35)22-12-9-17-5-3-4-6-19(17)13-22/h3-13,21,23,36H,14-16H2,1-2H3,(H,32,33)/t21-,23+/m1/s1. The Balaban J connectivity index is 1.50. The number of carboxylic acid groups (broad SMARTS) is 1. The lowest BCUT2D eigenvalue weighted by atomic mass is 10.1. The van der Waals surface area contributed by atoms with E-state index in [4.69, 9.17) is 5.11 Å². The van der Waals surface area contributed by atoms with Gasteiger partial charge in [-0.05, 0) is 53.6 Å². The van der Waals surface area contributed by atoms with Gasteiger partial charge in [0.25, 0.3) is 0 Å². The van der Waals surface area contributed by atoms with Gasteiger partial charge in [0.2, 0.25) is 21.8 Å². The van der Waals surface area contributed by atoms with Gasteiger partial charge in [0.15, 0.2) is 0 Å². The van der Waals surface area contributed by atoms with E-state index < -0.39 is 33.8 Å². The van der Waals surface area contributed by atoms with E-state index in [0.29, 0.717) is 5.69 Å². The molecule has 9 nitrogen and oxygen atoms in total. The number of likely N-dealkylation sites (N-methyl/N-ethyl adjacent to an activating group) is 2. The summed E-state index contributed by atoms with van der Waals surface area (Å²) in [4.78, 5) is 39.9. The van der Waals surface area contributed by atoms with Gasteiger partial charge in [-0.25, -0.2) is 13.2 Å². The first kappa shape index (κ1) is 26.6. The highest BCUT2D eigenvalue weighted by Crippen LogP contribution is 2.31. The fourth-order valence-electron chi connectivity index (χ4n) is 4.35. The molecule has 1 aliphatic heterocycles. The zero-order valence-corrected chi connectivity index (χ0v) is 22.0. The molecule has 0 spiro atoms. The summed E-state index contributed by atoms with van der Waals surface area (Å²) in [6.45, 7) is -0.208. The highest BCUT2D eigenvalue weighted by Gasteiger charge is 2.44. The van der Waals surface area contributed by atoms with Crippen LogP contribution in [0.5, 0.6) is 0 Å². The van der Waals surface area contributed by atoms with E-state index in [1.54, 1.807) is 12.1 Å². The first-order valence-electron chi connectivity index (χ1n) is 11.5. The lowest BCUT2D eigenvalue weighted by Gasteiger charge is -2.28. The maximum absolute atomic E-state index is 13.6. The molecule has 37 heavy (non-hydrogen) atoms. The third-order valence-corrected chi connectivity index (χ3v) is 8.72. The average Bonchev–Trinajstić information content (AvgIpc) is 3.29. The molecule has 194 valence electrons. The Morgan fingerprint density at radius 3 is 2.30 bits per heavy atom. The highest BCUT2D eigenvalue weighted by molar-refractivity contribution is 7.89. The van der Waals surface area contributed by atoms with E-state index in [-0.39, 0.29) is 35.2 Å². The van der Waals surface area contributed by atoms with Crippen LogP contribution in [0.4, 0.5) is 5.69 Å². The van der Waals surface area contributed by atoms with E-state index >= 15 is 0 Å². The molecule has 0 aliphatic carbocycles. The Morgan fingerprint density at radius 2 is 1.65 bits per heavy atom.